The average Bonchev–Trinajstić information content (AvgIpc) is 3.22. The summed E-state index contributed by atoms with van der Waals surface area (Å²) in [4.78, 5) is 41.2. The van der Waals surface area contributed by atoms with Gasteiger partial charge in [-0.15, -0.1) is 0 Å². The van der Waals surface area contributed by atoms with Gasteiger partial charge in [-0.25, -0.2) is 4.79 Å². The van der Waals surface area contributed by atoms with E-state index in [1.807, 2.05) is 54.7 Å². The predicted octanol–water partition coefficient (Wildman–Crippen LogP) is 2.62. The van der Waals surface area contributed by atoms with Crippen LogP contribution in [-0.4, -0.2) is 33.8 Å². The van der Waals surface area contributed by atoms with Gasteiger partial charge < -0.3 is 15.6 Å². The minimum Gasteiger partial charge on any atom is -0.361 e. The number of carbonyl (C=O) groups is 3. The van der Waals surface area contributed by atoms with Gasteiger partial charge in [0, 0.05) is 22.8 Å². The number of fused-ring (bicyclic) bond motifs is 1. The van der Waals surface area contributed by atoms with Crippen molar-refractivity contribution in [2.75, 3.05) is 5.32 Å². The van der Waals surface area contributed by atoms with Crippen LogP contribution < -0.4 is 10.6 Å². The molecule has 1 fully saturated rings. The Labute approximate surface area is 155 Å². The SMILES string of the molecule is O=C(C[C@H]1NC(=O)N(Cc2ccccc2)C1=O)Nc1ccc2[nH]ccc2c1. The van der Waals surface area contributed by atoms with Crippen molar-refractivity contribution < 1.29 is 14.4 Å². The number of rotatable bonds is 5. The number of carbonyl (C=O) groups excluding carboxylic acids is 3. The molecule has 2 heterocycles. The highest BCUT2D eigenvalue weighted by Crippen LogP contribution is 2.19. The summed E-state index contributed by atoms with van der Waals surface area (Å²) in [6.45, 7) is 0.188. The number of hydrogen-bond donors (Lipinski definition) is 3. The van der Waals surface area contributed by atoms with Gasteiger partial charge in [-0.1, -0.05) is 30.3 Å². The summed E-state index contributed by atoms with van der Waals surface area (Å²) in [5, 5.41) is 6.34. The summed E-state index contributed by atoms with van der Waals surface area (Å²) in [6.07, 6.45) is 1.71. The summed E-state index contributed by atoms with van der Waals surface area (Å²) in [5.74, 6) is -0.717. The molecule has 0 saturated carbocycles. The number of imide groups is 1. The van der Waals surface area contributed by atoms with Crippen molar-refractivity contribution >= 4 is 34.4 Å². The zero-order valence-electron chi connectivity index (χ0n) is 14.4. The molecule has 1 atom stereocenters. The molecule has 27 heavy (non-hydrogen) atoms. The minimum absolute atomic E-state index is 0.110. The van der Waals surface area contributed by atoms with E-state index in [2.05, 4.69) is 15.6 Å². The fraction of sp³-hybridized carbons (Fsp3) is 0.150. The first-order valence-corrected chi connectivity index (χ1v) is 8.63. The molecule has 1 aliphatic rings. The zero-order valence-corrected chi connectivity index (χ0v) is 14.4. The van der Waals surface area contributed by atoms with Crippen LogP contribution in [0.2, 0.25) is 0 Å². The standard InChI is InChI=1S/C20H18N4O3/c25-18(22-15-6-7-16-14(10-15)8-9-21-16)11-17-19(26)24(20(27)23-17)12-13-4-2-1-3-5-13/h1-10,17,21H,11-12H2,(H,22,25)(H,23,27)/t17-/m1/s1. The molecular formula is C20H18N4O3. The number of amides is 4. The van der Waals surface area contributed by atoms with Crippen molar-refractivity contribution in [2.24, 2.45) is 0 Å². The first-order valence-electron chi connectivity index (χ1n) is 8.63. The second-order valence-electron chi connectivity index (χ2n) is 6.44. The van der Waals surface area contributed by atoms with E-state index < -0.39 is 12.1 Å². The van der Waals surface area contributed by atoms with Gasteiger partial charge in [0.25, 0.3) is 5.91 Å². The first-order chi connectivity index (χ1) is 13.1. The summed E-state index contributed by atoms with van der Waals surface area (Å²) in [7, 11) is 0. The molecule has 0 radical (unpaired) electrons. The Morgan fingerprint density at radius 2 is 1.89 bits per heavy atom. The fourth-order valence-electron chi connectivity index (χ4n) is 3.16. The molecular weight excluding hydrogens is 344 g/mol. The molecule has 136 valence electrons. The zero-order chi connectivity index (χ0) is 18.8. The highest BCUT2D eigenvalue weighted by atomic mass is 16.2. The van der Waals surface area contributed by atoms with Gasteiger partial charge >= 0.3 is 6.03 Å². The van der Waals surface area contributed by atoms with E-state index >= 15 is 0 Å². The average molecular weight is 362 g/mol. The van der Waals surface area contributed by atoms with Gasteiger partial charge in [0.05, 0.1) is 13.0 Å². The second kappa shape index (κ2) is 6.95. The van der Waals surface area contributed by atoms with Crippen molar-refractivity contribution in [1.82, 2.24) is 15.2 Å². The van der Waals surface area contributed by atoms with Crippen LogP contribution in [0.5, 0.6) is 0 Å². The lowest BCUT2D eigenvalue weighted by Gasteiger charge is -2.13. The number of H-pyrrole nitrogens is 1. The monoisotopic (exact) mass is 362 g/mol. The largest absolute Gasteiger partial charge is 0.361 e. The smallest absolute Gasteiger partial charge is 0.325 e. The Kier molecular flexibility index (Phi) is 4.33. The molecule has 7 heteroatoms. The quantitative estimate of drug-likeness (QED) is 0.609. The number of urea groups is 1. The molecule has 4 amide bonds. The first kappa shape index (κ1) is 16.8. The number of anilines is 1. The third-order valence-electron chi connectivity index (χ3n) is 4.52. The summed E-state index contributed by atoms with van der Waals surface area (Å²) in [6, 6.07) is 15.3. The van der Waals surface area contributed by atoms with Crippen molar-refractivity contribution in [3.8, 4) is 0 Å². The lowest BCUT2D eigenvalue weighted by molar-refractivity contribution is -0.130. The molecule has 0 unspecified atom stereocenters. The highest BCUT2D eigenvalue weighted by molar-refractivity contribution is 6.07. The second-order valence-corrected chi connectivity index (χ2v) is 6.44. The summed E-state index contributed by atoms with van der Waals surface area (Å²) < 4.78 is 0. The van der Waals surface area contributed by atoms with Gasteiger partial charge in [0.2, 0.25) is 5.91 Å². The van der Waals surface area contributed by atoms with Crippen LogP contribution in [0.3, 0.4) is 0 Å². The van der Waals surface area contributed by atoms with Gasteiger partial charge in [-0.3, -0.25) is 14.5 Å². The Hall–Kier alpha value is -3.61. The van der Waals surface area contributed by atoms with Crippen molar-refractivity contribution in [1.29, 1.82) is 0 Å². The van der Waals surface area contributed by atoms with E-state index in [0.29, 0.717) is 5.69 Å². The Morgan fingerprint density at radius 3 is 2.70 bits per heavy atom. The van der Waals surface area contributed by atoms with Gasteiger partial charge in [-0.2, -0.15) is 0 Å². The number of aromatic amines is 1. The Bertz CT molecular complexity index is 1010. The van der Waals surface area contributed by atoms with Crippen LogP contribution in [0.1, 0.15) is 12.0 Å². The van der Waals surface area contributed by atoms with Crippen LogP contribution in [0.25, 0.3) is 10.9 Å². The van der Waals surface area contributed by atoms with Crippen LogP contribution >= 0.6 is 0 Å². The number of nitrogens with one attached hydrogen (secondary N) is 3. The molecule has 7 nitrogen and oxygen atoms in total. The normalized spacial score (nSPS) is 16.6. The maximum absolute atomic E-state index is 12.5. The maximum Gasteiger partial charge on any atom is 0.325 e. The highest BCUT2D eigenvalue weighted by Gasteiger charge is 2.38. The fourth-order valence-corrected chi connectivity index (χ4v) is 3.16. The van der Waals surface area contributed by atoms with E-state index in [0.717, 1.165) is 21.4 Å². The van der Waals surface area contributed by atoms with E-state index in [1.54, 1.807) is 6.07 Å². The maximum atomic E-state index is 12.5. The Morgan fingerprint density at radius 1 is 1.07 bits per heavy atom. The van der Waals surface area contributed by atoms with Crippen LogP contribution in [-0.2, 0) is 16.1 Å². The molecule has 1 aliphatic heterocycles. The van der Waals surface area contributed by atoms with E-state index in [-0.39, 0.29) is 24.8 Å². The lowest BCUT2D eigenvalue weighted by atomic mass is 10.1. The molecule has 4 rings (SSSR count). The molecule has 1 aromatic heterocycles. The van der Waals surface area contributed by atoms with Crippen LogP contribution in [0.4, 0.5) is 10.5 Å². The van der Waals surface area contributed by atoms with E-state index in [9.17, 15) is 14.4 Å². The van der Waals surface area contributed by atoms with Crippen molar-refractivity contribution in [3.05, 3.63) is 66.4 Å². The van der Waals surface area contributed by atoms with Crippen molar-refractivity contribution in [2.45, 2.75) is 19.0 Å². The topological polar surface area (TPSA) is 94.3 Å². The molecule has 3 aromatic rings. The summed E-state index contributed by atoms with van der Waals surface area (Å²) in [5.41, 5.74) is 2.47. The van der Waals surface area contributed by atoms with E-state index in [4.69, 9.17) is 0 Å². The molecule has 0 aliphatic carbocycles. The number of benzene rings is 2. The lowest BCUT2D eigenvalue weighted by Crippen LogP contribution is -2.34. The van der Waals surface area contributed by atoms with Gasteiger partial charge in [-0.05, 0) is 29.8 Å². The van der Waals surface area contributed by atoms with Crippen LogP contribution in [0, 0.1) is 0 Å². The number of hydrogen-bond acceptors (Lipinski definition) is 3. The molecule has 0 spiro atoms. The van der Waals surface area contributed by atoms with Crippen molar-refractivity contribution in [3.63, 3.8) is 0 Å². The van der Waals surface area contributed by atoms with Gasteiger partial charge in [0.15, 0.2) is 0 Å². The number of aromatic nitrogens is 1. The molecule has 0 bridgehead atoms. The predicted molar refractivity (Wildman–Crippen MR) is 101 cm³/mol. The van der Waals surface area contributed by atoms with Crippen LogP contribution in [0.15, 0.2) is 60.8 Å². The number of nitrogens with zero attached hydrogens (tertiary/aromatic N) is 1. The Balaban J connectivity index is 1.39. The third-order valence-corrected chi connectivity index (χ3v) is 4.52. The van der Waals surface area contributed by atoms with Gasteiger partial charge in [0.1, 0.15) is 6.04 Å². The summed E-state index contributed by atoms with van der Waals surface area (Å²) >= 11 is 0. The molecule has 3 N–H and O–H groups in total. The minimum atomic E-state index is -0.850. The molecule has 2 aromatic carbocycles. The molecule has 1 saturated heterocycles. The third kappa shape index (κ3) is 3.52. The van der Waals surface area contributed by atoms with E-state index in [1.165, 1.54) is 0 Å².